The fraction of sp³-hybridized carbons (Fsp3) is 0.467. The van der Waals surface area contributed by atoms with Crippen molar-refractivity contribution in [2.45, 2.75) is 20.3 Å². The third-order valence-corrected chi connectivity index (χ3v) is 3.32. The summed E-state index contributed by atoms with van der Waals surface area (Å²) in [7, 11) is 0. The van der Waals surface area contributed by atoms with Crippen molar-refractivity contribution in [3.63, 3.8) is 0 Å². The molecule has 1 saturated heterocycles. The normalized spacial score (nSPS) is 15.5. The van der Waals surface area contributed by atoms with E-state index in [4.69, 9.17) is 0 Å². The van der Waals surface area contributed by atoms with Gasteiger partial charge in [0.15, 0.2) is 0 Å². The Morgan fingerprint density at radius 3 is 3.00 bits per heavy atom. The molecule has 0 atom stereocenters. The summed E-state index contributed by atoms with van der Waals surface area (Å²) in [4.78, 5) is 25.8. The minimum absolute atomic E-state index is 0.0852. The smallest absolute Gasteiger partial charge is 0.256 e. The first-order valence-corrected chi connectivity index (χ1v) is 7.02. The highest BCUT2D eigenvalue weighted by Gasteiger charge is 2.22. The largest absolute Gasteiger partial charge is 0.385 e. The number of hydrogen-bond donors (Lipinski definition) is 2. The summed E-state index contributed by atoms with van der Waals surface area (Å²) in [5.41, 5.74) is 2.57. The number of aryl methyl sites for hydroxylation is 1. The van der Waals surface area contributed by atoms with E-state index in [-0.39, 0.29) is 18.4 Å². The molecule has 0 saturated carbocycles. The van der Waals surface area contributed by atoms with E-state index >= 15 is 0 Å². The molecular formula is C15H21N3O2. The summed E-state index contributed by atoms with van der Waals surface area (Å²) in [6.07, 6.45) is 0.792. The first-order valence-electron chi connectivity index (χ1n) is 7.02. The lowest BCUT2D eigenvalue weighted by molar-refractivity contribution is -0.121. The van der Waals surface area contributed by atoms with E-state index in [1.54, 1.807) is 4.90 Å². The molecule has 1 aromatic carbocycles. The topological polar surface area (TPSA) is 61.4 Å². The van der Waals surface area contributed by atoms with Crippen LogP contribution in [0.1, 0.15) is 29.3 Å². The van der Waals surface area contributed by atoms with E-state index in [1.807, 2.05) is 32.0 Å². The molecule has 5 nitrogen and oxygen atoms in total. The number of amides is 2. The molecule has 0 aliphatic carbocycles. The first kappa shape index (κ1) is 14.4. The van der Waals surface area contributed by atoms with Crippen molar-refractivity contribution < 1.29 is 9.59 Å². The lowest BCUT2D eigenvalue weighted by Gasteiger charge is -2.21. The van der Waals surface area contributed by atoms with E-state index in [0.29, 0.717) is 18.7 Å². The maximum absolute atomic E-state index is 12.6. The number of anilines is 1. The van der Waals surface area contributed by atoms with Crippen molar-refractivity contribution in [3.05, 3.63) is 29.3 Å². The van der Waals surface area contributed by atoms with Crippen LogP contribution >= 0.6 is 0 Å². The summed E-state index contributed by atoms with van der Waals surface area (Å²) in [5.74, 6) is -0.175. The van der Waals surface area contributed by atoms with Crippen molar-refractivity contribution in [1.29, 1.82) is 0 Å². The fourth-order valence-corrected chi connectivity index (χ4v) is 2.33. The van der Waals surface area contributed by atoms with Crippen LogP contribution in [0.15, 0.2) is 18.2 Å². The highest BCUT2D eigenvalue weighted by Crippen LogP contribution is 2.20. The van der Waals surface area contributed by atoms with Gasteiger partial charge in [0, 0.05) is 25.3 Å². The number of carbonyl (C=O) groups is 2. The summed E-state index contributed by atoms with van der Waals surface area (Å²) in [5, 5.41) is 6.00. The number of carbonyl (C=O) groups excluding carboxylic acids is 2. The Kier molecular flexibility index (Phi) is 4.61. The number of hydrogen-bond acceptors (Lipinski definition) is 3. The van der Waals surface area contributed by atoms with Crippen molar-refractivity contribution >= 4 is 17.5 Å². The van der Waals surface area contributed by atoms with E-state index < -0.39 is 0 Å². The number of nitrogens with zero attached hydrogens (tertiary/aromatic N) is 1. The maximum Gasteiger partial charge on any atom is 0.256 e. The van der Waals surface area contributed by atoms with Gasteiger partial charge in [-0.3, -0.25) is 9.59 Å². The fourth-order valence-electron chi connectivity index (χ4n) is 2.33. The molecule has 5 heteroatoms. The van der Waals surface area contributed by atoms with Gasteiger partial charge in [0.1, 0.15) is 0 Å². The van der Waals surface area contributed by atoms with E-state index in [0.717, 1.165) is 24.2 Å². The predicted octanol–water partition coefficient (Wildman–Crippen LogP) is 1.39. The molecule has 1 aromatic rings. The van der Waals surface area contributed by atoms with Gasteiger partial charge in [0.2, 0.25) is 5.91 Å². The second kappa shape index (κ2) is 6.41. The lowest BCUT2D eigenvalue weighted by Crippen LogP contribution is -2.37. The molecular weight excluding hydrogens is 254 g/mol. The zero-order chi connectivity index (χ0) is 14.5. The van der Waals surface area contributed by atoms with Gasteiger partial charge >= 0.3 is 0 Å². The second-order valence-electron chi connectivity index (χ2n) is 5.01. The van der Waals surface area contributed by atoms with Crippen molar-refractivity contribution in [2.75, 3.05) is 31.5 Å². The molecule has 0 bridgehead atoms. The molecule has 1 aliphatic heterocycles. The third kappa shape index (κ3) is 3.29. The maximum atomic E-state index is 12.6. The van der Waals surface area contributed by atoms with Gasteiger partial charge in [-0.1, -0.05) is 6.07 Å². The number of benzene rings is 1. The Labute approximate surface area is 119 Å². The lowest BCUT2D eigenvalue weighted by atomic mass is 10.1. The van der Waals surface area contributed by atoms with E-state index in [2.05, 4.69) is 10.6 Å². The second-order valence-corrected chi connectivity index (χ2v) is 5.01. The summed E-state index contributed by atoms with van der Waals surface area (Å²) >= 11 is 0. The van der Waals surface area contributed by atoms with Crippen molar-refractivity contribution in [1.82, 2.24) is 10.2 Å². The highest BCUT2D eigenvalue weighted by molar-refractivity contribution is 6.01. The van der Waals surface area contributed by atoms with Crippen LogP contribution in [-0.4, -0.2) is 42.9 Å². The zero-order valence-electron chi connectivity index (χ0n) is 12.0. The van der Waals surface area contributed by atoms with Gasteiger partial charge in [-0.15, -0.1) is 0 Å². The van der Waals surface area contributed by atoms with E-state index in [9.17, 15) is 9.59 Å². The number of nitrogens with one attached hydrogen (secondary N) is 2. The van der Waals surface area contributed by atoms with Gasteiger partial charge in [-0.2, -0.15) is 0 Å². The molecule has 2 N–H and O–H groups in total. The molecule has 0 aromatic heterocycles. The highest BCUT2D eigenvalue weighted by atomic mass is 16.2. The van der Waals surface area contributed by atoms with Gasteiger partial charge in [-0.25, -0.2) is 0 Å². The van der Waals surface area contributed by atoms with Gasteiger partial charge in [0.05, 0.1) is 12.1 Å². The van der Waals surface area contributed by atoms with Crippen LogP contribution in [0.2, 0.25) is 0 Å². The number of rotatable bonds is 3. The van der Waals surface area contributed by atoms with Gasteiger partial charge < -0.3 is 15.5 Å². The minimum atomic E-state index is -0.0898. The van der Waals surface area contributed by atoms with Crippen LogP contribution in [0.5, 0.6) is 0 Å². The third-order valence-electron chi connectivity index (χ3n) is 3.32. The molecule has 1 heterocycles. The summed E-state index contributed by atoms with van der Waals surface area (Å²) < 4.78 is 0. The van der Waals surface area contributed by atoms with Crippen LogP contribution in [-0.2, 0) is 4.79 Å². The Bertz CT molecular complexity index is 514. The van der Waals surface area contributed by atoms with Crippen LogP contribution in [0.3, 0.4) is 0 Å². The van der Waals surface area contributed by atoms with Crippen LogP contribution < -0.4 is 10.6 Å². The van der Waals surface area contributed by atoms with Gasteiger partial charge in [0.25, 0.3) is 5.91 Å². The predicted molar refractivity (Wildman–Crippen MR) is 78.9 cm³/mol. The molecule has 108 valence electrons. The van der Waals surface area contributed by atoms with Crippen LogP contribution in [0.25, 0.3) is 0 Å². The molecule has 1 fully saturated rings. The average molecular weight is 275 g/mol. The Morgan fingerprint density at radius 2 is 2.25 bits per heavy atom. The molecule has 0 radical (unpaired) electrons. The van der Waals surface area contributed by atoms with Crippen LogP contribution in [0, 0.1) is 6.92 Å². The SMILES string of the molecule is CCNc1cc(C)ccc1C(=O)N1CCCNC(=O)C1. The van der Waals surface area contributed by atoms with Crippen molar-refractivity contribution in [2.24, 2.45) is 0 Å². The molecule has 0 spiro atoms. The quantitative estimate of drug-likeness (QED) is 0.876. The average Bonchev–Trinajstić information content (AvgIpc) is 2.63. The standard InChI is InChI=1S/C15H21N3O2/c1-3-16-13-9-11(2)5-6-12(13)15(20)18-8-4-7-17-14(19)10-18/h5-6,9,16H,3-4,7-8,10H2,1-2H3,(H,17,19). The Balaban J connectivity index is 2.25. The summed E-state index contributed by atoms with van der Waals surface area (Å²) in [6, 6.07) is 5.72. The molecule has 2 amide bonds. The molecule has 1 aliphatic rings. The minimum Gasteiger partial charge on any atom is -0.385 e. The van der Waals surface area contributed by atoms with Crippen molar-refractivity contribution in [3.8, 4) is 0 Å². The molecule has 20 heavy (non-hydrogen) atoms. The monoisotopic (exact) mass is 275 g/mol. The van der Waals surface area contributed by atoms with E-state index in [1.165, 1.54) is 0 Å². The summed E-state index contributed by atoms with van der Waals surface area (Å²) in [6.45, 7) is 6.13. The Hall–Kier alpha value is -2.04. The van der Waals surface area contributed by atoms with Gasteiger partial charge in [-0.05, 0) is 38.0 Å². The van der Waals surface area contributed by atoms with Crippen LogP contribution in [0.4, 0.5) is 5.69 Å². The first-order chi connectivity index (χ1) is 9.61. The molecule has 0 unspecified atom stereocenters. The zero-order valence-corrected chi connectivity index (χ0v) is 12.0. The Morgan fingerprint density at radius 1 is 1.45 bits per heavy atom. The molecule has 2 rings (SSSR count).